The maximum Gasteiger partial charge on any atom is 0.141 e. The lowest BCUT2D eigenvalue weighted by Crippen LogP contribution is -1.83. The number of aromatic nitrogens is 1. The van der Waals surface area contributed by atoms with Crippen molar-refractivity contribution >= 4 is 0 Å². The van der Waals surface area contributed by atoms with E-state index in [2.05, 4.69) is 24.2 Å². The van der Waals surface area contributed by atoms with Gasteiger partial charge in [0.2, 0.25) is 0 Å². The Kier molecular flexibility index (Phi) is 2.63. The minimum atomic E-state index is 0.827. The van der Waals surface area contributed by atoms with Crippen LogP contribution in [0.25, 0.3) is 0 Å². The Labute approximate surface area is 83.5 Å². The molecule has 2 aromatic rings. The van der Waals surface area contributed by atoms with E-state index in [0.29, 0.717) is 0 Å². The molecule has 0 spiro atoms. The highest BCUT2D eigenvalue weighted by Gasteiger charge is 2.02. The molecule has 0 aliphatic rings. The monoisotopic (exact) mass is 187 g/mol. The van der Waals surface area contributed by atoms with Gasteiger partial charge in [0.05, 0.1) is 5.69 Å². The molecule has 0 aliphatic heterocycles. The first kappa shape index (κ1) is 9.00. The molecule has 0 fully saturated rings. The van der Waals surface area contributed by atoms with Gasteiger partial charge in [0, 0.05) is 12.5 Å². The smallest absolute Gasteiger partial charge is 0.141 e. The van der Waals surface area contributed by atoms with Gasteiger partial charge < -0.3 is 4.52 Å². The summed E-state index contributed by atoms with van der Waals surface area (Å²) in [5, 5.41) is 3.96. The molecule has 2 heteroatoms. The van der Waals surface area contributed by atoms with Gasteiger partial charge in [0.1, 0.15) is 5.76 Å². The first-order valence-electron chi connectivity index (χ1n) is 4.87. The summed E-state index contributed by atoms with van der Waals surface area (Å²) in [7, 11) is 0. The molecule has 0 radical (unpaired) electrons. The molecule has 0 N–H and O–H groups in total. The summed E-state index contributed by atoms with van der Waals surface area (Å²) in [4.78, 5) is 0. The molecule has 2 rings (SSSR count). The van der Waals surface area contributed by atoms with E-state index in [1.165, 1.54) is 5.56 Å². The van der Waals surface area contributed by atoms with E-state index in [1.54, 1.807) is 0 Å². The molecule has 0 aliphatic carbocycles. The maximum absolute atomic E-state index is 5.21. The van der Waals surface area contributed by atoms with Crippen molar-refractivity contribution in [1.29, 1.82) is 0 Å². The van der Waals surface area contributed by atoms with E-state index in [4.69, 9.17) is 4.52 Å². The SMILES string of the molecule is CCc1cc(Cc2ccccc2)on1. The number of nitrogens with zero attached hydrogens (tertiary/aromatic N) is 1. The predicted molar refractivity (Wildman–Crippen MR) is 55.1 cm³/mol. The molecule has 0 atom stereocenters. The van der Waals surface area contributed by atoms with Gasteiger partial charge >= 0.3 is 0 Å². The number of aryl methyl sites for hydroxylation is 1. The fourth-order valence-corrected chi connectivity index (χ4v) is 1.40. The highest BCUT2D eigenvalue weighted by molar-refractivity contribution is 5.20. The molecule has 1 heterocycles. The van der Waals surface area contributed by atoms with Crippen molar-refractivity contribution in [2.45, 2.75) is 19.8 Å². The Morgan fingerprint density at radius 1 is 1.21 bits per heavy atom. The Hall–Kier alpha value is -1.57. The molecule has 1 aromatic carbocycles. The molecule has 14 heavy (non-hydrogen) atoms. The quantitative estimate of drug-likeness (QED) is 0.738. The van der Waals surface area contributed by atoms with Gasteiger partial charge in [0.15, 0.2) is 0 Å². The average molecular weight is 187 g/mol. The van der Waals surface area contributed by atoms with Crippen LogP contribution in [0.2, 0.25) is 0 Å². The lowest BCUT2D eigenvalue weighted by atomic mass is 10.1. The van der Waals surface area contributed by atoms with Crippen LogP contribution in [-0.4, -0.2) is 5.16 Å². The van der Waals surface area contributed by atoms with Crippen LogP contribution in [0.4, 0.5) is 0 Å². The van der Waals surface area contributed by atoms with Crippen LogP contribution in [0.3, 0.4) is 0 Å². The third-order valence-electron chi connectivity index (χ3n) is 2.19. The normalized spacial score (nSPS) is 10.4. The fourth-order valence-electron chi connectivity index (χ4n) is 1.40. The van der Waals surface area contributed by atoms with E-state index >= 15 is 0 Å². The molecule has 2 nitrogen and oxygen atoms in total. The van der Waals surface area contributed by atoms with Crippen LogP contribution >= 0.6 is 0 Å². The van der Waals surface area contributed by atoms with Gasteiger partial charge in [-0.15, -0.1) is 0 Å². The first-order chi connectivity index (χ1) is 6.88. The molecular formula is C12H13NO. The van der Waals surface area contributed by atoms with E-state index in [-0.39, 0.29) is 0 Å². The van der Waals surface area contributed by atoms with Crippen molar-refractivity contribution < 1.29 is 4.52 Å². The summed E-state index contributed by atoms with van der Waals surface area (Å²) < 4.78 is 5.21. The van der Waals surface area contributed by atoms with Gasteiger partial charge in [-0.05, 0) is 12.0 Å². The topological polar surface area (TPSA) is 26.0 Å². The molecule has 1 aromatic heterocycles. The molecule has 0 saturated carbocycles. The molecule has 0 amide bonds. The number of hydrogen-bond donors (Lipinski definition) is 0. The second-order valence-corrected chi connectivity index (χ2v) is 3.30. The summed E-state index contributed by atoms with van der Waals surface area (Å²) >= 11 is 0. The molecule has 0 unspecified atom stereocenters. The van der Waals surface area contributed by atoms with Crippen LogP contribution in [0.15, 0.2) is 40.9 Å². The van der Waals surface area contributed by atoms with Gasteiger partial charge in [-0.25, -0.2) is 0 Å². The Bertz CT molecular complexity index is 392. The van der Waals surface area contributed by atoms with Crippen molar-refractivity contribution in [3.05, 3.63) is 53.4 Å². The van der Waals surface area contributed by atoms with Gasteiger partial charge in [-0.3, -0.25) is 0 Å². The van der Waals surface area contributed by atoms with Crippen molar-refractivity contribution in [1.82, 2.24) is 5.16 Å². The van der Waals surface area contributed by atoms with Gasteiger partial charge in [-0.2, -0.15) is 0 Å². The van der Waals surface area contributed by atoms with Crippen LogP contribution < -0.4 is 0 Å². The van der Waals surface area contributed by atoms with Crippen LogP contribution in [-0.2, 0) is 12.8 Å². The summed E-state index contributed by atoms with van der Waals surface area (Å²) in [6.45, 7) is 2.07. The molecule has 0 bridgehead atoms. The van der Waals surface area contributed by atoms with E-state index in [9.17, 15) is 0 Å². The second kappa shape index (κ2) is 4.09. The molecule has 0 saturated heterocycles. The second-order valence-electron chi connectivity index (χ2n) is 3.30. The summed E-state index contributed by atoms with van der Waals surface area (Å²) in [6.07, 6.45) is 1.76. The van der Waals surface area contributed by atoms with E-state index in [0.717, 1.165) is 24.3 Å². The number of benzene rings is 1. The fraction of sp³-hybridized carbons (Fsp3) is 0.250. The first-order valence-corrected chi connectivity index (χ1v) is 4.87. The Morgan fingerprint density at radius 2 is 2.00 bits per heavy atom. The lowest BCUT2D eigenvalue weighted by molar-refractivity contribution is 0.383. The minimum absolute atomic E-state index is 0.827. The highest BCUT2D eigenvalue weighted by atomic mass is 16.5. The van der Waals surface area contributed by atoms with Gasteiger partial charge in [-0.1, -0.05) is 42.4 Å². The van der Waals surface area contributed by atoms with Crippen LogP contribution in [0.5, 0.6) is 0 Å². The Morgan fingerprint density at radius 3 is 2.64 bits per heavy atom. The zero-order valence-corrected chi connectivity index (χ0v) is 8.23. The largest absolute Gasteiger partial charge is 0.361 e. The zero-order valence-electron chi connectivity index (χ0n) is 8.23. The summed E-state index contributed by atoms with van der Waals surface area (Å²) in [5.41, 5.74) is 2.28. The van der Waals surface area contributed by atoms with Crippen molar-refractivity contribution in [2.75, 3.05) is 0 Å². The Balaban J connectivity index is 2.11. The average Bonchev–Trinajstić information content (AvgIpc) is 2.67. The third-order valence-corrected chi connectivity index (χ3v) is 2.19. The van der Waals surface area contributed by atoms with Crippen LogP contribution in [0, 0.1) is 0 Å². The molecular weight excluding hydrogens is 174 g/mol. The lowest BCUT2D eigenvalue weighted by Gasteiger charge is -1.94. The minimum Gasteiger partial charge on any atom is -0.361 e. The summed E-state index contributed by atoms with van der Waals surface area (Å²) in [5.74, 6) is 0.938. The third kappa shape index (κ3) is 2.02. The predicted octanol–water partition coefficient (Wildman–Crippen LogP) is 2.83. The standard InChI is InChI=1S/C12H13NO/c1-2-11-9-12(14-13-11)8-10-6-4-3-5-7-10/h3-7,9H,2,8H2,1H3. The molecule has 72 valence electrons. The van der Waals surface area contributed by atoms with Gasteiger partial charge in [0.25, 0.3) is 0 Å². The van der Waals surface area contributed by atoms with Crippen LogP contribution in [0.1, 0.15) is 23.9 Å². The summed E-state index contributed by atoms with van der Waals surface area (Å²) in [6, 6.07) is 12.3. The van der Waals surface area contributed by atoms with E-state index in [1.807, 2.05) is 24.3 Å². The van der Waals surface area contributed by atoms with Crippen molar-refractivity contribution in [2.24, 2.45) is 0 Å². The zero-order chi connectivity index (χ0) is 9.80. The highest BCUT2D eigenvalue weighted by Crippen LogP contribution is 2.10. The maximum atomic E-state index is 5.21. The van der Waals surface area contributed by atoms with Crippen molar-refractivity contribution in [3.63, 3.8) is 0 Å². The number of hydrogen-bond acceptors (Lipinski definition) is 2. The van der Waals surface area contributed by atoms with Crippen molar-refractivity contribution in [3.8, 4) is 0 Å². The number of rotatable bonds is 3. The van der Waals surface area contributed by atoms with E-state index < -0.39 is 0 Å².